The number of halogens is 1. The van der Waals surface area contributed by atoms with Gasteiger partial charge in [-0.25, -0.2) is 0 Å². The van der Waals surface area contributed by atoms with Crippen LogP contribution in [0.2, 0.25) is 0 Å². The van der Waals surface area contributed by atoms with Crippen LogP contribution in [0.5, 0.6) is 0 Å². The van der Waals surface area contributed by atoms with E-state index in [1.54, 1.807) is 18.2 Å². The van der Waals surface area contributed by atoms with E-state index in [2.05, 4.69) is 57.2 Å². The number of aryl methyl sites for hydroxylation is 1. The number of H-pyrrole nitrogens is 1. The minimum Gasteiger partial charge on any atom is -0.371 e. The molecule has 7 nitrogen and oxygen atoms in total. The second-order valence-corrected chi connectivity index (χ2v) is 13.7. The molecule has 2 fully saturated rings. The van der Waals surface area contributed by atoms with Gasteiger partial charge in [0.15, 0.2) is 0 Å². The summed E-state index contributed by atoms with van der Waals surface area (Å²) in [6, 6.07) is 9.10. The highest BCUT2D eigenvalue weighted by molar-refractivity contribution is 9.11. The third-order valence-corrected chi connectivity index (χ3v) is 10.5. The summed E-state index contributed by atoms with van der Waals surface area (Å²) in [5, 5.41) is 3.29. The monoisotopic (exact) mass is 680 g/mol. The first-order valence-corrected chi connectivity index (χ1v) is 16.3. The number of hydrogen-bond acceptors (Lipinski definition) is 5. The summed E-state index contributed by atoms with van der Waals surface area (Å²) < 4.78 is 8.54. The Kier molecular flexibility index (Phi) is 14.6. The molecule has 2 aliphatic carbocycles. The van der Waals surface area contributed by atoms with Gasteiger partial charge in [0.1, 0.15) is 12.9 Å². The molecule has 1 aromatic carbocycles. The van der Waals surface area contributed by atoms with Crippen LogP contribution in [0.1, 0.15) is 69.9 Å². The van der Waals surface area contributed by atoms with Gasteiger partial charge in [-0.2, -0.15) is 13.5 Å². The standard InChI is InChI=1S/C20H21BrN2S.C10H19NO2.CH5N.CH2O.H2S/c1-23-12-16(22-23)13-4-6-14(7-5-13)18-17-15(19(21)24-18)8-11-20(17)9-2-3-10-20;1-8(2)9(13-3)10(12)11-6-4-5-7-11;2*1-2;/h4-7,12,22H,2-3,8-11H2,1H3;8-9H,4-7H2,1-3H3;2H2,1H3;1H2;1H2. The predicted molar refractivity (Wildman–Crippen MR) is 184 cm³/mol. The highest BCUT2D eigenvalue weighted by atomic mass is 79.9. The number of nitrogens with one attached hydrogen (secondary N) is 1. The van der Waals surface area contributed by atoms with Crippen molar-refractivity contribution >= 4 is 53.5 Å². The average Bonchev–Trinajstić information content (AvgIpc) is 3.79. The van der Waals surface area contributed by atoms with Crippen molar-refractivity contribution in [1.82, 2.24) is 14.7 Å². The molecular weight excluding hydrogens is 632 g/mol. The van der Waals surface area contributed by atoms with E-state index in [0.717, 1.165) is 25.9 Å². The Morgan fingerprint density at radius 1 is 1.05 bits per heavy atom. The molecule has 10 heteroatoms. The Morgan fingerprint density at radius 3 is 2.10 bits per heavy atom. The molecule has 1 unspecified atom stereocenters. The maximum Gasteiger partial charge on any atom is 0.251 e. The lowest BCUT2D eigenvalue weighted by molar-refractivity contribution is -0.143. The number of hydrogen-bond donors (Lipinski definition) is 2. The summed E-state index contributed by atoms with van der Waals surface area (Å²) in [5.41, 5.74) is 12.1. The first-order chi connectivity index (χ1) is 19.8. The maximum atomic E-state index is 11.8. The van der Waals surface area contributed by atoms with E-state index in [1.807, 2.05) is 48.6 Å². The van der Waals surface area contributed by atoms with Gasteiger partial charge in [-0.05, 0) is 89.5 Å². The first-order valence-electron chi connectivity index (χ1n) is 14.6. The Balaban J connectivity index is 0.000000294. The van der Waals surface area contributed by atoms with Crippen LogP contribution in [0.3, 0.4) is 0 Å². The van der Waals surface area contributed by atoms with E-state index in [9.17, 15) is 4.79 Å². The number of nitrogens with two attached hydrogens (primary N) is 1. The topological polar surface area (TPSA) is 93.3 Å². The third-order valence-electron chi connectivity index (χ3n) is 8.50. The summed E-state index contributed by atoms with van der Waals surface area (Å²) in [5.74, 6) is 0.424. The fourth-order valence-corrected chi connectivity index (χ4v) is 8.64. The normalized spacial score (nSPS) is 16.9. The number of ether oxygens (including phenoxy) is 1. The molecule has 1 amide bonds. The molecule has 1 aliphatic heterocycles. The summed E-state index contributed by atoms with van der Waals surface area (Å²) in [6.07, 6.45) is 12.3. The molecule has 0 bridgehead atoms. The van der Waals surface area contributed by atoms with Crippen molar-refractivity contribution in [1.29, 1.82) is 0 Å². The van der Waals surface area contributed by atoms with Crippen LogP contribution in [0.4, 0.5) is 0 Å². The highest BCUT2D eigenvalue weighted by Gasteiger charge is 2.44. The molecular formula is C32H49BrN4O3S2. The zero-order valence-corrected chi connectivity index (χ0v) is 29.2. The van der Waals surface area contributed by atoms with Gasteiger partial charge >= 0.3 is 0 Å². The van der Waals surface area contributed by atoms with Crippen molar-refractivity contribution in [2.24, 2.45) is 18.7 Å². The molecule has 1 saturated carbocycles. The lowest BCUT2D eigenvalue weighted by Crippen LogP contribution is -2.40. The zero-order chi connectivity index (χ0) is 30.2. The van der Waals surface area contributed by atoms with Crippen LogP contribution < -0.4 is 5.73 Å². The minimum absolute atomic E-state index is 0. The number of nitrogens with zero attached hydrogens (tertiary/aromatic N) is 2. The van der Waals surface area contributed by atoms with E-state index in [-0.39, 0.29) is 31.4 Å². The van der Waals surface area contributed by atoms with E-state index in [4.69, 9.17) is 9.53 Å². The lowest BCUT2D eigenvalue weighted by Gasteiger charge is -2.25. The largest absolute Gasteiger partial charge is 0.371 e. The van der Waals surface area contributed by atoms with Gasteiger partial charge in [-0.3, -0.25) is 14.6 Å². The van der Waals surface area contributed by atoms with Crippen LogP contribution >= 0.6 is 40.8 Å². The summed E-state index contributed by atoms with van der Waals surface area (Å²) in [4.78, 5) is 23.2. The molecule has 234 valence electrons. The SMILES string of the molecule is C=O.CN.COC(C(=O)N1CCCC1)C(C)C.Cn1cc(-c2ccc(-c3sc(Br)c4c3C3(CCCC3)CC4)cc2)[nH]1.S. The summed E-state index contributed by atoms with van der Waals surface area (Å²) >= 11 is 5.80. The molecule has 6 rings (SSSR count). The van der Waals surface area contributed by atoms with Crippen LogP contribution in [0.15, 0.2) is 34.2 Å². The van der Waals surface area contributed by atoms with E-state index >= 15 is 0 Å². The molecule has 1 saturated heterocycles. The van der Waals surface area contributed by atoms with E-state index in [0.29, 0.717) is 5.41 Å². The molecule has 3 heterocycles. The second kappa shape index (κ2) is 16.9. The zero-order valence-electron chi connectivity index (χ0n) is 25.8. The van der Waals surface area contributed by atoms with Gasteiger partial charge in [0.2, 0.25) is 0 Å². The van der Waals surface area contributed by atoms with Crippen LogP contribution in [0, 0.1) is 5.92 Å². The maximum absolute atomic E-state index is 11.8. The molecule has 3 aliphatic rings. The summed E-state index contributed by atoms with van der Waals surface area (Å²) in [7, 11) is 5.13. The fraction of sp³-hybridized carbons (Fsp3) is 0.562. The molecule has 42 heavy (non-hydrogen) atoms. The first kappa shape index (κ1) is 36.3. The van der Waals surface area contributed by atoms with Gasteiger partial charge in [-0.15, -0.1) is 11.3 Å². The number of aromatic amines is 1. The van der Waals surface area contributed by atoms with Gasteiger partial charge in [0.05, 0.1) is 9.48 Å². The quantitative estimate of drug-likeness (QED) is 0.302. The van der Waals surface area contributed by atoms with Crippen LogP contribution in [-0.2, 0) is 33.2 Å². The van der Waals surface area contributed by atoms with E-state index < -0.39 is 0 Å². The fourth-order valence-electron chi connectivity index (χ4n) is 6.56. The van der Waals surface area contributed by atoms with Crippen LogP contribution in [-0.4, -0.2) is 60.7 Å². The summed E-state index contributed by atoms with van der Waals surface area (Å²) in [6.45, 7) is 7.85. The molecule has 2 aromatic heterocycles. The van der Waals surface area contributed by atoms with Crippen molar-refractivity contribution in [3.63, 3.8) is 0 Å². The van der Waals surface area contributed by atoms with Gasteiger partial charge in [-0.1, -0.05) is 51.0 Å². The smallest absolute Gasteiger partial charge is 0.251 e. The van der Waals surface area contributed by atoms with Gasteiger partial charge in [0, 0.05) is 43.9 Å². The Labute approximate surface area is 271 Å². The molecule has 1 spiro atoms. The minimum atomic E-state index is -0.252. The number of likely N-dealkylation sites (tertiary alicyclic amines) is 1. The van der Waals surface area contributed by atoms with Crippen molar-refractivity contribution in [2.75, 3.05) is 27.2 Å². The van der Waals surface area contributed by atoms with Crippen molar-refractivity contribution in [3.05, 3.63) is 45.4 Å². The Hall–Kier alpha value is -1.85. The van der Waals surface area contributed by atoms with Crippen molar-refractivity contribution < 1.29 is 14.3 Å². The Bertz CT molecular complexity index is 1230. The number of fused-ring (bicyclic) bond motifs is 2. The number of carbonyl (C=O) groups excluding carboxylic acids is 2. The number of amides is 1. The van der Waals surface area contributed by atoms with Crippen LogP contribution in [0.25, 0.3) is 21.7 Å². The Morgan fingerprint density at radius 2 is 1.60 bits per heavy atom. The number of aromatic nitrogens is 2. The number of rotatable bonds is 5. The van der Waals surface area contributed by atoms with Gasteiger partial charge < -0.3 is 20.2 Å². The number of benzene rings is 1. The molecule has 3 N–H and O–H groups in total. The third kappa shape index (κ3) is 7.80. The number of thiophene rings is 1. The average molecular weight is 682 g/mol. The highest BCUT2D eigenvalue weighted by Crippen LogP contribution is 2.57. The molecule has 3 aromatic rings. The lowest BCUT2D eigenvalue weighted by atomic mass is 9.79. The molecule has 0 radical (unpaired) electrons. The second-order valence-electron chi connectivity index (χ2n) is 11.3. The number of carbonyl (C=O) groups is 2. The van der Waals surface area contributed by atoms with Crippen molar-refractivity contribution in [3.8, 4) is 21.7 Å². The van der Waals surface area contributed by atoms with Crippen molar-refractivity contribution in [2.45, 2.75) is 76.7 Å². The molecule has 1 atom stereocenters. The van der Waals surface area contributed by atoms with E-state index in [1.165, 1.54) is 71.1 Å². The van der Waals surface area contributed by atoms with Gasteiger partial charge in [0.25, 0.3) is 5.91 Å². The number of methoxy groups -OCH3 is 1. The predicted octanol–water partition coefficient (Wildman–Crippen LogP) is 7.05.